The highest BCUT2D eigenvalue weighted by Gasteiger charge is 2.05. The van der Waals surface area contributed by atoms with Gasteiger partial charge >= 0.3 is 0 Å². The Morgan fingerprint density at radius 1 is 1.53 bits per heavy atom. The summed E-state index contributed by atoms with van der Waals surface area (Å²) < 4.78 is 7.36. The van der Waals surface area contributed by atoms with E-state index in [-0.39, 0.29) is 6.10 Å². The lowest BCUT2D eigenvalue weighted by Gasteiger charge is -2.03. The Morgan fingerprint density at radius 2 is 2.40 bits per heavy atom. The Hall–Kier alpha value is -1.36. The quantitative estimate of drug-likeness (QED) is 0.797. The minimum absolute atomic E-state index is 0.175. The van der Waals surface area contributed by atoms with Gasteiger partial charge in [-0.25, -0.2) is 4.98 Å². The molecule has 0 fully saturated rings. The zero-order chi connectivity index (χ0) is 10.7. The number of ether oxygens (including phenoxy) is 1. The van der Waals surface area contributed by atoms with Crippen molar-refractivity contribution >= 4 is 11.3 Å². The molecule has 4 nitrogen and oxygen atoms in total. The monoisotopic (exact) mass is 223 g/mol. The molecule has 5 heteroatoms. The largest absolute Gasteiger partial charge is 0.467 e. The molecule has 2 rings (SSSR count). The third kappa shape index (κ3) is 2.79. The highest BCUT2D eigenvalue weighted by atomic mass is 32.1. The van der Waals surface area contributed by atoms with Gasteiger partial charge in [-0.2, -0.15) is 5.10 Å². The molecule has 2 aromatic rings. The van der Waals surface area contributed by atoms with Crippen molar-refractivity contribution in [3.8, 4) is 5.19 Å². The van der Waals surface area contributed by atoms with Crippen LogP contribution >= 0.6 is 11.3 Å². The van der Waals surface area contributed by atoms with Crippen molar-refractivity contribution in [1.82, 2.24) is 14.8 Å². The highest BCUT2D eigenvalue weighted by molar-refractivity contribution is 7.13. The molecule has 0 aliphatic carbocycles. The number of aromatic nitrogens is 3. The molecule has 0 atom stereocenters. The van der Waals surface area contributed by atoms with Gasteiger partial charge in [-0.15, -0.1) is 0 Å². The van der Waals surface area contributed by atoms with E-state index in [1.165, 1.54) is 0 Å². The van der Waals surface area contributed by atoms with E-state index in [1.807, 2.05) is 37.0 Å². The second kappa shape index (κ2) is 4.44. The maximum atomic E-state index is 5.49. The summed E-state index contributed by atoms with van der Waals surface area (Å²) in [4.78, 5) is 5.34. The molecule has 80 valence electrons. The van der Waals surface area contributed by atoms with Crippen LogP contribution in [0.4, 0.5) is 0 Å². The standard InChI is InChI=1S/C10H13N3OS/c1-8(2)14-10-11-6-9(15-10)7-13-5-3-4-12-13/h3-6,8H,7H2,1-2H3. The normalized spacial score (nSPS) is 10.9. The fourth-order valence-electron chi connectivity index (χ4n) is 1.17. The molecule has 0 aliphatic rings. The van der Waals surface area contributed by atoms with Crippen LogP contribution in [0.5, 0.6) is 5.19 Å². The smallest absolute Gasteiger partial charge is 0.273 e. The molecular formula is C10H13N3OS. The van der Waals surface area contributed by atoms with Gasteiger partial charge in [-0.3, -0.25) is 4.68 Å². The zero-order valence-corrected chi connectivity index (χ0v) is 9.57. The predicted molar refractivity (Wildman–Crippen MR) is 59.2 cm³/mol. The average Bonchev–Trinajstić information content (AvgIpc) is 2.77. The minimum atomic E-state index is 0.175. The summed E-state index contributed by atoms with van der Waals surface area (Å²) >= 11 is 1.57. The van der Waals surface area contributed by atoms with Crippen molar-refractivity contribution in [3.63, 3.8) is 0 Å². The van der Waals surface area contributed by atoms with E-state index in [0.717, 1.165) is 16.6 Å². The molecule has 0 amide bonds. The molecule has 2 heterocycles. The van der Waals surface area contributed by atoms with Crippen LogP contribution in [-0.4, -0.2) is 20.9 Å². The summed E-state index contributed by atoms with van der Waals surface area (Å²) in [5.74, 6) is 0. The summed E-state index contributed by atoms with van der Waals surface area (Å²) in [7, 11) is 0. The van der Waals surface area contributed by atoms with E-state index in [4.69, 9.17) is 4.74 Å². The number of nitrogens with zero attached hydrogens (tertiary/aromatic N) is 3. The van der Waals surface area contributed by atoms with E-state index in [0.29, 0.717) is 0 Å². The summed E-state index contributed by atoms with van der Waals surface area (Å²) in [6, 6.07) is 1.91. The average molecular weight is 223 g/mol. The first-order chi connectivity index (χ1) is 7.24. The topological polar surface area (TPSA) is 39.9 Å². The molecular weight excluding hydrogens is 210 g/mol. The Labute approximate surface area is 92.5 Å². The molecule has 0 N–H and O–H groups in total. The van der Waals surface area contributed by atoms with E-state index >= 15 is 0 Å². The Balaban J connectivity index is 2.01. The van der Waals surface area contributed by atoms with Gasteiger partial charge < -0.3 is 4.74 Å². The van der Waals surface area contributed by atoms with Gasteiger partial charge in [0.05, 0.1) is 12.6 Å². The van der Waals surface area contributed by atoms with Crippen LogP contribution < -0.4 is 4.74 Å². The van der Waals surface area contributed by atoms with Crippen LogP contribution in [-0.2, 0) is 6.54 Å². The van der Waals surface area contributed by atoms with Gasteiger partial charge in [0, 0.05) is 23.5 Å². The van der Waals surface area contributed by atoms with Crippen LogP contribution in [0.1, 0.15) is 18.7 Å². The van der Waals surface area contributed by atoms with Crippen LogP contribution in [0, 0.1) is 0 Å². The second-order valence-corrected chi connectivity index (χ2v) is 4.54. The molecule has 0 radical (unpaired) electrons. The molecule has 15 heavy (non-hydrogen) atoms. The summed E-state index contributed by atoms with van der Waals surface area (Å²) in [6.45, 7) is 4.75. The molecule has 2 aromatic heterocycles. The first-order valence-corrected chi connectivity index (χ1v) is 5.64. The fraction of sp³-hybridized carbons (Fsp3) is 0.400. The van der Waals surface area contributed by atoms with Crippen molar-refractivity contribution in [1.29, 1.82) is 0 Å². The molecule has 0 spiro atoms. The Morgan fingerprint density at radius 3 is 3.07 bits per heavy atom. The lowest BCUT2D eigenvalue weighted by atomic mass is 10.5. The molecule has 0 aliphatic heterocycles. The fourth-order valence-corrected chi connectivity index (χ4v) is 2.04. The van der Waals surface area contributed by atoms with Crippen LogP contribution in [0.2, 0.25) is 0 Å². The third-order valence-corrected chi connectivity index (χ3v) is 2.62. The van der Waals surface area contributed by atoms with Crippen molar-refractivity contribution in [2.24, 2.45) is 0 Å². The van der Waals surface area contributed by atoms with Gasteiger partial charge in [0.15, 0.2) is 0 Å². The first-order valence-electron chi connectivity index (χ1n) is 4.83. The van der Waals surface area contributed by atoms with E-state index in [9.17, 15) is 0 Å². The van der Waals surface area contributed by atoms with E-state index in [1.54, 1.807) is 17.5 Å². The molecule has 0 unspecified atom stereocenters. The Kier molecular flexibility index (Phi) is 3.01. The van der Waals surface area contributed by atoms with E-state index < -0.39 is 0 Å². The zero-order valence-electron chi connectivity index (χ0n) is 8.75. The predicted octanol–water partition coefficient (Wildman–Crippen LogP) is 2.18. The van der Waals surface area contributed by atoms with Gasteiger partial charge in [0.1, 0.15) is 0 Å². The maximum Gasteiger partial charge on any atom is 0.273 e. The summed E-state index contributed by atoms with van der Waals surface area (Å²) in [5.41, 5.74) is 0. The van der Waals surface area contributed by atoms with Crippen molar-refractivity contribution in [2.75, 3.05) is 0 Å². The van der Waals surface area contributed by atoms with Crippen molar-refractivity contribution in [2.45, 2.75) is 26.5 Å². The second-order valence-electron chi connectivity index (χ2n) is 3.46. The lowest BCUT2D eigenvalue weighted by Crippen LogP contribution is -2.04. The summed E-state index contributed by atoms with van der Waals surface area (Å²) in [6.07, 6.45) is 5.72. The Bertz CT molecular complexity index is 408. The maximum absolute atomic E-state index is 5.49. The highest BCUT2D eigenvalue weighted by Crippen LogP contribution is 2.22. The van der Waals surface area contributed by atoms with Gasteiger partial charge in [-0.05, 0) is 19.9 Å². The van der Waals surface area contributed by atoms with Crippen LogP contribution in [0.25, 0.3) is 0 Å². The minimum Gasteiger partial charge on any atom is -0.467 e. The SMILES string of the molecule is CC(C)Oc1ncc(Cn2cccn2)s1. The third-order valence-electron chi connectivity index (χ3n) is 1.75. The number of rotatable bonds is 4. The molecule has 0 saturated carbocycles. The first kappa shape index (κ1) is 10.2. The van der Waals surface area contributed by atoms with Crippen LogP contribution in [0.3, 0.4) is 0 Å². The van der Waals surface area contributed by atoms with Gasteiger partial charge in [-0.1, -0.05) is 11.3 Å². The van der Waals surface area contributed by atoms with Crippen LogP contribution in [0.15, 0.2) is 24.7 Å². The van der Waals surface area contributed by atoms with Gasteiger partial charge in [0.2, 0.25) is 0 Å². The summed E-state index contributed by atoms with van der Waals surface area (Å²) in [5, 5.41) is 4.87. The van der Waals surface area contributed by atoms with Crippen molar-refractivity contribution in [3.05, 3.63) is 29.5 Å². The molecule has 0 aromatic carbocycles. The molecule has 0 bridgehead atoms. The number of hydrogen-bond donors (Lipinski definition) is 0. The number of thiazole rings is 1. The lowest BCUT2D eigenvalue weighted by molar-refractivity contribution is 0.241. The molecule has 0 saturated heterocycles. The van der Waals surface area contributed by atoms with E-state index in [2.05, 4.69) is 10.1 Å². The van der Waals surface area contributed by atoms with Crippen molar-refractivity contribution < 1.29 is 4.74 Å². The van der Waals surface area contributed by atoms with Gasteiger partial charge in [0.25, 0.3) is 5.19 Å². The number of hydrogen-bond acceptors (Lipinski definition) is 4.